The fourth-order valence-electron chi connectivity index (χ4n) is 4.48. The quantitative estimate of drug-likeness (QED) is 0.491. The van der Waals surface area contributed by atoms with E-state index in [1.807, 2.05) is 0 Å². The second-order valence-corrected chi connectivity index (χ2v) is 10.2. The third-order valence-corrected chi connectivity index (χ3v) is 7.60. The largest absolute Gasteiger partial charge is 0.451 e. The smallest absolute Gasteiger partial charge is 0.393 e. The third-order valence-electron chi connectivity index (χ3n) is 6.02. The highest BCUT2D eigenvalue weighted by Gasteiger charge is 2.63. The van der Waals surface area contributed by atoms with Gasteiger partial charge < -0.3 is 15.6 Å². The normalized spacial score (nSPS) is 24.9. The first-order valence-electron chi connectivity index (χ1n) is 9.85. The molecule has 4 heterocycles. The van der Waals surface area contributed by atoms with E-state index in [1.54, 1.807) is 13.0 Å². The summed E-state index contributed by atoms with van der Waals surface area (Å²) in [7, 11) is -3.96. The molecule has 1 aliphatic carbocycles. The number of fused-ring (bicyclic) bond motifs is 2. The standard InChI is InChI=1S/C19H19F3N6O4S/c1-10-2-3-11(33(30,31)27-17-6-18(7-17,8-29)32-9-17)4-12(10)13-5-28-15(23)25-14(19(20,21)22)26-16(28)24-13/h2-5,27,29H,6-9H2,1H3,(H2,23,24,25,26). The Labute approximate surface area is 185 Å². The van der Waals surface area contributed by atoms with Gasteiger partial charge in [-0.25, -0.2) is 18.1 Å². The molecule has 0 radical (unpaired) electrons. The fourth-order valence-corrected chi connectivity index (χ4v) is 5.89. The number of anilines is 1. The van der Waals surface area contributed by atoms with Crippen molar-refractivity contribution in [1.82, 2.24) is 24.1 Å². The number of benzene rings is 1. The number of sulfonamides is 1. The van der Waals surface area contributed by atoms with Crippen molar-refractivity contribution in [1.29, 1.82) is 0 Å². The maximum Gasteiger partial charge on any atom is 0.451 e. The molecule has 3 fully saturated rings. The summed E-state index contributed by atoms with van der Waals surface area (Å²) < 4.78 is 74.5. The highest BCUT2D eigenvalue weighted by atomic mass is 32.2. The second-order valence-electron chi connectivity index (χ2n) is 8.55. The number of aliphatic hydroxyl groups is 1. The van der Waals surface area contributed by atoms with Crippen LogP contribution in [0, 0.1) is 6.92 Å². The number of nitrogens with two attached hydrogens (primary N) is 1. The Morgan fingerprint density at radius 2 is 2.00 bits per heavy atom. The van der Waals surface area contributed by atoms with Crippen LogP contribution in [0.4, 0.5) is 19.1 Å². The predicted molar refractivity (Wildman–Crippen MR) is 108 cm³/mol. The van der Waals surface area contributed by atoms with E-state index < -0.39 is 39.1 Å². The number of hydrogen-bond donors (Lipinski definition) is 3. The Kier molecular flexibility index (Phi) is 4.57. The average molecular weight is 484 g/mol. The third kappa shape index (κ3) is 3.53. The van der Waals surface area contributed by atoms with Gasteiger partial charge in [0.15, 0.2) is 0 Å². The van der Waals surface area contributed by atoms with Crippen LogP contribution in [0.1, 0.15) is 24.2 Å². The van der Waals surface area contributed by atoms with Crippen LogP contribution in [-0.4, -0.2) is 57.2 Å². The molecule has 2 bridgehead atoms. The maximum absolute atomic E-state index is 13.1. The molecule has 6 rings (SSSR count). The molecule has 3 aromatic rings. The minimum atomic E-state index is -4.80. The minimum Gasteiger partial charge on any atom is -0.393 e. The van der Waals surface area contributed by atoms with Crippen LogP contribution in [0.25, 0.3) is 17.0 Å². The summed E-state index contributed by atoms with van der Waals surface area (Å²) in [6.45, 7) is 1.70. The zero-order valence-corrected chi connectivity index (χ0v) is 18.0. The maximum atomic E-state index is 13.1. The lowest BCUT2D eigenvalue weighted by atomic mass is 9.69. The van der Waals surface area contributed by atoms with Gasteiger partial charge in [0.2, 0.25) is 27.6 Å². The van der Waals surface area contributed by atoms with E-state index in [0.717, 1.165) is 4.40 Å². The van der Waals surface area contributed by atoms with Gasteiger partial charge in [-0.05, 0) is 24.6 Å². The Balaban J connectivity index is 1.50. The van der Waals surface area contributed by atoms with Crippen molar-refractivity contribution in [3.05, 3.63) is 35.8 Å². The molecule has 2 aromatic heterocycles. The first-order valence-corrected chi connectivity index (χ1v) is 11.3. The SMILES string of the molecule is Cc1ccc(S(=O)(=O)NC23COC(CO)(C2)C3)cc1-c1cn2c(N)nc(C(F)(F)F)nc2n1. The van der Waals surface area contributed by atoms with Gasteiger partial charge in [-0.3, -0.25) is 4.40 Å². The highest BCUT2D eigenvalue weighted by Crippen LogP contribution is 2.51. The molecule has 0 unspecified atom stereocenters. The highest BCUT2D eigenvalue weighted by molar-refractivity contribution is 7.89. The fraction of sp³-hybridized carbons (Fsp3) is 0.421. The summed E-state index contributed by atoms with van der Waals surface area (Å²) in [5, 5.41) is 9.44. The summed E-state index contributed by atoms with van der Waals surface area (Å²) in [5.41, 5.74) is 5.41. The number of nitrogens with one attached hydrogen (secondary N) is 1. The molecular weight excluding hydrogens is 465 g/mol. The zero-order valence-electron chi connectivity index (χ0n) is 17.2. The van der Waals surface area contributed by atoms with E-state index in [-0.39, 0.29) is 29.6 Å². The van der Waals surface area contributed by atoms with Gasteiger partial charge in [-0.15, -0.1) is 0 Å². The monoisotopic (exact) mass is 484 g/mol. The number of nitrogens with zero attached hydrogens (tertiary/aromatic N) is 4. The first kappa shape index (κ1) is 22.0. The number of aliphatic hydroxyl groups excluding tert-OH is 1. The predicted octanol–water partition coefficient (Wildman–Crippen LogP) is 1.27. The molecule has 0 spiro atoms. The van der Waals surface area contributed by atoms with Gasteiger partial charge in [-0.2, -0.15) is 23.1 Å². The average Bonchev–Trinajstić information content (AvgIpc) is 3.38. The molecular formula is C19H19F3N6O4S. The van der Waals surface area contributed by atoms with E-state index in [0.29, 0.717) is 24.0 Å². The van der Waals surface area contributed by atoms with E-state index in [9.17, 15) is 26.7 Å². The first-order chi connectivity index (χ1) is 15.4. The van der Waals surface area contributed by atoms with Gasteiger partial charge in [0.25, 0.3) is 0 Å². The molecule has 1 saturated carbocycles. The Morgan fingerprint density at radius 3 is 2.64 bits per heavy atom. The van der Waals surface area contributed by atoms with E-state index in [2.05, 4.69) is 19.7 Å². The molecule has 2 saturated heterocycles. The number of nitrogen functional groups attached to an aromatic ring is 1. The Bertz CT molecular complexity index is 1380. The lowest BCUT2D eigenvalue weighted by Gasteiger charge is -2.43. The molecule has 0 atom stereocenters. The number of halogens is 3. The van der Waals surface area contributed by atoms with Crippen molar-refractivity contribution < 1.29 is 31.4 Å². The molecule has 4 N–H and O–H groups in total. The zero-order chi connectivity index (χ0) is 23.8. The molecule has 2 aliphatic heterocycles. The molecule has 1 aromatic carbocycles. The van der Waals surface area contributed by atoms with E-state index in [1.165, 1.54) is 18.3 Å². The van der Waals surface area contributed by atoms with Gasteiger partial charge in [0.05, 0.1) is 34.9 Å². The lowest BCUT2D eigenvalue weighted by molar-refractivity contribution is -0.144. The van der Waals surface area contributed by atoms with Crippen molar-refractivity contribution in [2.45, 2.75) is 42.0 Å². The molecule has 14 heteroatoms. The number of ether oxygens (including phenoxy) is 1. The van der Waals surface area contributed by atoms with Crippen LogP contribution >= 0.6 is 0 Å². The van der Waals surface area contributed by atoms with Crippen LogP contribution in [0.2, 0.25) is 0 Å². The van der Waals surface area contributed by atoms with E-state index >= 15 is 0 Å². The number of aryl methyl sites for hydroxylation is 1. The summed E-state index contributed by atoms with van der Waals surface area (Å²) >= 11 is 0. The molecule has 3 aliphatic rings. The summed E-state index contributed by atoms with van der Waals surface area (Å²) in [4.78, 5) is 10.8. The van der Waals surface area contributed by atoms with Crippen molar-refractivity contribution in [3.63, 3.8) is 0 Å². The Hall–Kier alpha value is -2.81. The lowest BCUT2D eigenvalue weighted by Crippen LogP contribution is -2.60. The number of aromatic nitrogens is 4. The van der Waals surface area contributed by atoms with Crippen LogP contribution < -0.4 is 10.5 Å². The van der Waals surface area contributed by atoms with Crippen LogP contribution in [0.3, 0.4) is 0 Å². The van der Waals surface area contributed by atoms with Gasteiger partial charge in [-0.1, -0.05) is 6.07 Å². The van der Waals surface area contributed by atoms with Gasteiger partial charge in [0.1, 0.15) is 0 Å². The molecule has 0 amide bonds. The minimum absolute atomic E-state index is 0.0435. The van der Waals surface area contributed by atoms with Crippen molar-refractivity contribution in [2.75, 3.05) is 18.9 Å². The molecule has 176 valence electrons. The molecule has 33 heavy (non-hydrogen) atoms. The van der Waals surface area contributed by atoms with Crippen molar-refractivity contribution in [3.8, 4) is 11.3 Å². The number of alkyl halides is 3. The topological polar surface area (TPSA) is 145 Å². The second kappa shape index (κ2) is 6.85. The van der Waals surface area contributed by atoms with Crippen molar-refractivity contribution >= 4 is 21.7 Å². The number of hydrogen-bond acceptors (Lipinski definition) is 8. The van der Waals surface area contributed by atoms with Crippen LogP contribution in [0.5, 0.6) is 0 Å². The van der Waals surface area contributed by atoms with Gasteiger partial charge >= 0.3 is 6.18 Å². The number of imidazole rings is 1. The summed E-state index contributed by atoms with van der Waals surface area (Å²) in [5.74, 6) is -2.18. The summed E-state index contributed by atoms with van der Waals surface area (Å²) in [6, 6.07) is 4.39. The van der Waals surface area contributed by atoms with Crippen molar-refractivity contribution in [2.24, 2.45) is 0 Å². The summed E-state index contributed by atoms with van der Waals surface area (Å²) in [6.07, 6.45) is -2.70. The van der Waals surface area contributed by atoms with Crippen LogP contribution in [-0.2, 0) is 20.9 Å². The van der Waals surface area contributed by atoms with E-state index in [4.69, 9.17) is 10.5 Å². The Morgan fingerprint density at radius 1 is 1.27 bits per heavy atom. The number of rotatable bonds is 5. The van der Waals surface area contributed by atoms with Crippen LogP contribution in [0.15, 0.2) is 29.3 Å². The van der Waals surface area contributed by atoms with Gasteiger partial charge in [0, 0.05) is 24.6 Å². The molecule has 10 nitrogen and oxygen atoms in total.